The second kappa shape index (κ2) is 11.1. The lowest BCUT2D eigenvalue weighted by Crippen LogP contribution is -2.45. The lowest BCUT2D eigenvalue weighted by molar-refractivity contribution is 0.0917. The van der Waals surface area contributed by atoms with Crippen LogP contribution in [0.25, 0.3) is 33.5 Å². The standard InChI is InChI=1S/C33H26F2N6O4/c34-20-8-13-29-38-27(18-39(29)17-20)31(43)37-22-9-11-23(12-10-22)41-32(44)26-15-21(35)16-36-30(26)40(33(41)45)24-5-3-4-19(14-24)25-6-1-2-7-28(25)42/h1-8,13-18,22-23,42H,9-12H2,(H,37,43). The predicted octanol–water partition coefficient (Wildman–Crippen LogP) is 4.76. The van der Waals surface area contributed by atoms with E-state index in [4.69, 9.17) is 0 Å². The number of aromatic hydroxyl groups is 1. The minimum absolute atomic E-state index is 0.0189. The van der Waals surface area contributed by atoms with E-state index in [9.17, 15) is 28.3 Å². The molecular formula is C33H26F2N6O4. The summed E-state index contributed by atoms with van der Waals surface area (Å²) in [5.74, 6) is -1.50. The molecule has 0 atom stereocenters. The fraction of sp³-hybridized carbons (Fsp3) is 0.182. The number of phenols is 1. The average molecular weight is 609 g/mol. The van der Waals surface area contributed by atoms with Crippen molar-refractivity contribution in [1.29, 1.82) is 0 Å². The first kappa shape index (κ1) is 28.1. The summed E-state index contributed by atoms with van der Waals surface area (Å²) >= 11 is 0. The average Bonchev–Trinajstić information content (AvgIpc) is 3.46. The van der Waals surface area contributed by atoms with E-state index in [1.165, 1.54) is 33.5 Å². The van der Waals surface area contributed by atoms with Gasteiger partial charge in [-0.05, 0) is 67.6 Å². The monoisotopic (exact) mass is 608 g/mol. The van der Waals surface area contributed by atoms with Gasteiger partial charge in [-0.25, -0.2) is 28.1 Å². The number of amides is 1. The quantitative estimate of drug-likeness (QED) is 0.291. The van der Waals surface area contributed by atoms with Gasteiger partial charge in [0.05, 0.1) is 17.3 Å². The number of nitrogens with one attached hydrogen (secondary N) is 1. The number of nitrogens with zero attached hydrogens (tertiary/aromatic N) is 5. The molecule has 1 aliphatic rings. The molecule has 45 heavy (non-hydrogen) atoms. The number of phenolic OH excluding ortho intramolecular Hbond substituents is 1. The van der Waals surface area contributed by atoms with Crippen LogP contribution in [0, 0.1) is 11.6 Å². The number of carbonyl (C=O) groups is 1. The van der Waals surface area contributed by atoms with Crippen LogP contribution in [0.4, 0.5) is 8.78 Å². The Bertz CT molecular complexity index is 2230. The molecule has 1 aliphatic carbocycles. The lowest BCUT2D eigenvalue weighted by Gasteiger charge is -2.30. The third-order valence-electron chi connectivity index (χ3n) is 8.26. The molecule has 4 heterocycles. The largest absolute Gasteiger partial charge is 0.507 e. The molecule has 1 fully saturated rings. The SMILES string of the molecule is O=C(NC1CCC(n2c(=O)c3cc(F)cnc3n(-c3cccc(-c4ccccc4O)c3)c2=O)CC1)c1cn2cc(F)ccc2n1. The molecule has 4 aromatic heterocycles. The van der Waals surface area contributed by atoms with Crippen LogP contribution in [0.5, 0.6) is 5.75 Å². The zero-order valence-electron chi connectivity index (χ0n) is 23.7. The second-order valence-electron chi connectivity index (χ2n) is 11.1. The van der Waals surface area contributed by atoms with Gasteiger partial charge in [0.25, 0.3) is 11.5 Å². The first-order valence-electron chi connectivity index (χ1n) is 14.4. The van der Waals surface area contributed by atoms with Crippen LogP contribution in [-0.4, -0.2) is 40.6 Å². The summed E-state index contributed by atoms with van der Waals surface area (Å²) in [6.45, 7) is 0. The van der Waals surface area contributed by atoms with E-state index in [-0.39, 0.29) is 28.5 Å². The number of pyridine rings is 2. The zero-order chi connectivity index (χ0) is 31.2. The van der Waals surface area contributed by atoms with E-state index in [1.807, 2.05) is 0 Å². The molecule has 0 bridgehead atoms. The van der Waals surface area contributed by atoms with Crippen LogP contribution >= 0.6 is 0 Å². The fourth-order valence-electron chi connectivity index (χ4n) is 6.08. The highest BCUT2D eigenvalue weighted by atomic mass is 19.1. The number of fused-ring (bicyclic) bond motifs is 2. The van der Waals surface area contributed by atoms with Gasteiger partial charge in [-0.15, -0.1) is 0 Å². The van der Waals surface area contributed by atoms with E-state index in [0.29, 0.717) is 48.1 Å². The molecule has 1 saturated carbocycles. The molecule has 10 nitrogen and oxygen atoms in total. The van der Waals surface area contributed by atoms with Gasteiger partial charge >= 0.3 is 5.69 Å². The number of hydrogen-bond acceptors (Lipinski definition) is 6. The van der Waals surface area contributed by atoms with Crippen LogP contribution in [-0.2, 0) is 0 Å². The van der Waals surface area contributed by atoms with Crippen molar-refractivity contribution in [2.45, 2.75) is 37.8 Å². The van der Waals surface area contributed by atoms with E-state index < -0.39 is 34.8 Å². The van der Waals surface area contributed by atoms with Crippen molar-refractivity contribution in [2.24, 2.45) is 0 Å². The molecule has 0 radical (unpaired) electrons. The Hall–Kier alpha value is -5.65. The van der Waals surface area contributed by atoms with Gasteiger partial charge in [0.15, 0.2) is 5.65 Å². The molecule has 226 valence electrons. The molecular weight excluding hydrogens is 582 g/mol. The number of rotatable bonds is 5. The minimum atomic E-state index is -0.708. The molecule has 0 spiro atoms. The molecule has 0 aliphatic heterocycles. The van der Waals surface area contributed by atoms with Crippen molar-refractivity contribution in [2.75, 3.05) is 0 Å². The molecule has 0 saturated heterocycles. The van der Waals surface area contributed by atoms with Gasteiger partial charge in [-0.2, -0.15) is 0 Å². The van der Waals surface area contributed by atoms with Crippen LogP contribution in [0.2, 0.25) is 0 Å². The normalized spacial score (nSPS) is 16.7. The summed E-state index contributed by atoms with van der Waals surface area (Å²) in [6, 6.07) is 16.8. The van der Waals surface area contributed by atoms with Crippen LogP contribution in [0.15, 0.2) is 94.9 Å². The Balaban J connectivity index is 1.20. The number of carbonyl (C=O) groups excluding carboxylic acids is 1. The zero-order valence-corrected chi connectivity index (χ0v) is 23.7. The van der Waals surface area contributed by atoms with Crippen molar-refractivity contribution < 1.29 is 18.7 Å². The number of aromatic nitrogens is 5. The van der Waals surface area contributed by atoms with Gasteiger partial charge in [-0.3, -0.25) is 14.2 Å². The van der Waals surface area contributed by atoms with Gasteiger partial charge in [0.2, 0.25) is 0 Å². The second-order valence-corrected chi connectivity index (χ2v) is 11.1. The van der Waals surface area contributed by atoms with Crippen molar-refractivity contribution in [3.05, 3.63) is 123 Å². The van der Waals surface area contributed by atoms with Crippen molar-refractivity contribution in [3.63, 3.8) is 0 Å². The summed E-state index contributed by atoms with van der Waals surface area (Å²) in [5.41, 5.74) is 0.936. The van der Waals surface area contributed by atoms with Gasteiger partial charge in [0, 0.05) is 30.0 Å². The first-order valence-corrected chi connectivity index (χ1v) is 14.4. The topological polar surface area (TPSA) is 124 Å². The Morgan fingerprint density at radius 3 is 2.51 bits per heavy atom. The molecule has 2 N–H and O–H groups in total. The van der Waals surface area contributed by atoms with E-state index in [2.05, 4.69) is 15.3 Å². The lowest BCUT2D eigenvalue weighted by atomic mass is 9.90. The summed E-state index contributed by atoms with van der Waals surface area (Å²) in [6.07, 6.45) is 5.42. The van der Waals surface area contributed by atoms with Gasteiger partial charge in [-0.1, -0.05) is 30.3 Å². The van der Waals surface area contributed by atoms with Crippen molar-refractivity contribution in [1.82, 2.24) is 28.8 Å². The van der Waals surface area contributed by atoms with Crippen molar-refractivity contribution >= 4 is 22.6 Å². The predicted molar refractivity (Wildman–Crippen MR) is 163 cm³/mol. The highest BCUT2D eigenvalue weighted by Crippen LogP contribution is 2.31. The molecule has 2 aromatic carbocycles. The maximum atomic E-state index is 14.4. The number of benzene rings is 2. The molecule has 0 unspecified atom stereocenters. The van der Waals surface area contributed by atoms with E-state index in [0.717, 1.165) is 16.8 Å². The Morgan fingerprint density at radius 1 is 0.911 bits per heavy atom. The highest BCUT2D eigenvalue weighted by molar-refractivity contribution is 5.93. The number of halogens is 2. The maximum Gasteiger partial charge on any atom is 0.337 e. The van der Waals surface area contributed by atoms with Crippen LogP contribution in [0.1, 0.15) is 42.2 Å². The van der Waals surface area contributed by atoms with Crippen LogP contribution in [0.3, 0.4) is 0 Å². The third-order valence-corrected chi connectivity index (χ3v) is 8.26. The number of para-hydroxylation sites is 1. The minimum Gasteiger partial charge on any atom is -0.507 e. The fourth-order valence-corrected chi connectivity index (χ4v) is 6.08. The summed E-state index contributed by atoms with van der Waals surface area (Å²) < 4.78 is 31.8. The Kier molecular flexibility index (Phi) is 6.96. The van der Waals surface area contributed by atoms with E-state index >= 15 is 0 Å². The maximum absolute atomic E-state index is 14.4. The molecule has 6 aromatic rings. The Morgan fingerprint density at radius 2 is 1.71 bits per heavy atom. The van der Waals surface area contributed by atoms with Crippen LogP contribution < -0.4 is 16.6 Å². The van der Waals surface area contributed by atoms with Crippen molar-refractivity contribution in [3.8, 4) is 22.6 Å². The summed E-state index contributed by atoms with van der Waals surface area (Å²) in [7, 11) is 0. The van der Waals surface area contributed by atoms with Gasteiger partial charge < -0.3 is 14.8 Å². The molecule has 12 heteroatoms. The highest BCUT2D eigenvalue weighted by Gasteiger charge is 2.28. The number of hydrogen-bond donors (Lipinski definition) is 2. The van der Waals surface area contributed by atoms with Gasteiger partial charge in [0.1, 0.15) is 28.7 Å². The Labute approximate surface area is 253 Å². The van der Waals surface area contributed by atoms with E-state index in [1.54, 1.807) is 48.5 Å². The first-order chi connectivity index (χ1) is 21.8. The molecule has 1 amide bonds. The summed E-state index contributed by atoms with van der Waals surface area (Å²) in [5, 5.41) is 13.3. The smallest absolute Gasteiger partial charge is 0.337 e. The molecule has 7 rings (SSSR count). The summed E-state index contributed by atoms with van der Waals surface area (Å²) in [4.78, 5) is 49.1. The number of imidazole rings is 1. The third kappa shape index (κ3) is 5.13.